The number of methoxy groups -OCH3 is 1. The number of aldehydes is 1. The highest BCUT2D eigenvalue weighted by atomic mass is 16.6. The number of benzene rings is 1. The third-order valence-corrected chi connectivity index (χ3v) is 6.09. The van der Waals surface area contributed by atoms with Crippen molar-refractivity contribution in [2.75, 3.05) is 38.6 Å². The molecule has 1 fully saturated rings. The van der Waals surface area contributed by atoms with Crippen LogP contribution in [0, 0.1) is 0 Å². The van der Waals surface area contributed by atoms with E-state index >= 15 is 0 Å². The van der Waals surface area contributed by atoms with E-state index in [-0.39, 0.29) is 44.3 Å². The Morgan fingerprint density at radius 1 is 1.02 bits per heavy atom. The first kappa shape index (κ1) is 30.1. The number of nitrogens with zero attached hydrogens (tertiary/aromatic N) is 4. The van der Waals surface area contributed by atoms with E-state index in [0.717, 1.165) is 6.29 Å². The minimum atomic E-state index is -1.19. The number of anilines is 1. The Hall–Kier alpha value is -4.42. The molecular formula is C27H36N6O7. The van der Waals surface area contributed by atoms with Crippen molar-refractivity contribution < 1.29 is 28.7 Å². The van der Waals surface area contributed by atoms with Crippen molar-refractivity contribution in [3.8, 4) is 11.4 Å². The molecule has 0 aliphatic carbocycles. The van der Waals surface area contributed by atoms with Gasteiger partial charge in [-0.15, -0.1) is 0 Å². The van der Waals surface area contributed by atoms with E-state index in [1.54, 1.807) is 57.7 Å². The molecule has 2 heterocycles. The predicted molar refractivity (Wildman–Crippen MR) is 147 cm³/mol. The molecule has 13 heteroatoms. The van der Waals surface area contributed by atoms with E-state index in [4.69, 9.17) is 9.47 Å². The van der Waals surface area contributed by atoms with Gasteiger partial charge in [0.2, 0.25) is 5.91 Å². The van der Waals surface area contributed by atoms with E-state index in [2.05, 4.69) is 15.6 Å². The highest BCUT2D eigenvalue weighted by Crippen LogP contribution is 2.22. The highest BCUT2D eigenvalue weighted by Gasteiger charge is 2.36. The topological polar surface area (TPSA) is 152 Å². The summed E-state index contributed by atoms with van der Waals surface area (Å²) in [5.74, 6) is 0.256. The molecule has 1 aromatic carbocycles. The summed E-state index contributed by atoms with van der Waals surface area (Å²) >= 11 is 0. The van der Waals surface area contributed by atoms with Crippen LogP contribution in [0.5, 0.6) is 5.75 Å². The molecule has 2 aromatic rings. The van der Waals surface area contributed by atoms with Gasteiger partial charge in [0.1, 0.15) is 29.0 Å². The molecule has 1 saturated heterocycles. The lowest BCUT2D eigenvalue weighted by Gasteiger charge is -2.38. The second-order valence-electron chi connectivity index (χ2n) is 10.8. The molecule has 0 bridgehead atoms. The van der Waals surface area contributed by atoms with Crippen LogP contribution in [0.25, 0.3) is 5.69 Å². The summed E-state index contributed by atoms with van der Waals surface area (Å²) in [5, 5.41) is 5.23. The lowest BCUT2D eigenvalue weighted by molar-refractivity contribution is -0.138. The van der Waals surface area contributed by atoms with Gasteiger partial charge < -0.3 is 29.4 Å². The number of alkyl carbamates (subject to hydrolysis) is 1. The van der Waals surface area contributed by atoms with Gasteiger partial charge in [0, 0.05) is 50.4 Å². The summed E-state index contributed by atoms with van der Waals surface area (Å²) in [5.41, 5.74) is -1.32. The number of carbonyl (C=O) groups excluding carboxylic acids is 4. The molecule has 2 N–H and O–H groups in total. The summed E-state index contributed by atoms with van der Waals surface area (Å²) in [6.07, 6.45) is 1.75. The van der Waals surface area contributed by atoms with Crippen LogP contribution in [0.4, 0.5) is 15.4 Å². The van der Waals surface area contributed by atoms with E-state index in [9.17, 15) is 24.0 Å². The van der Waals surface area contributed by atoms with Gasteiger partial charge in [-0.1, -0.05) is 6.07 Å². The number of hydrogen-bond donors (Lipinski definition) is 2. The van der Waals surface area contributed by atoms with Gasteiger partial charge in [0.25, 0.3) is 0 Å². The zero-order valence-corrected chi connectivity index (χ0v) is 23.6. The van der Waals surface area contributed by atoms with Crippen LogP contribution in [-0.2, 0) is 20.7 Å². The van der Waals surface area contributed by atoms with Crippen LogP contribution in [0.1, 0.15) is 40.2 Å². The number of rotatable bonds is 7. The Morgan fingerprint density at radius 2 is 1.68 bits per heavy atom. The molecule has 40 heavy (non-hydrogen) atoms. The fourth-order valence-electron chi connectivity index (χ4n) is 4.12. The lowest BCUT2D eigenvalue weighted by Crippen LogP contribution is -2.60. The summed E-state index contributed by atoms with van der Waals surface area (Å²) in [6, 6.07) is 6.04. The molecule has 4 amide bonds. The van der Waals surface area contributed by atoms with Crippen molar-refractivity contribution in [3.05, 3.63) is 46.5 Å². The number of nitrogens with one attached hydrogen (secondary N) is 2. The maximum absolute atomic E-state index is 13.0. The molecule has 0 atom stereocenters. The highest BCUT2D eigenvalue weighted by molar-refractivity contribution is 5.90. The monoisotopic (exact) mass is 556 g/mol. The first-order valence-corrected chi connectivity index (χ1v) is 12.8. The molecular weight excluding hydrogens is 520 g/mol. The Bertz CT molecular complexity index is 1320. The Balaban J connectivity index is 1.59. The van der Waals surface area contributed by atoms with Gasteiger partial charge in [-0.3, -0.25) is 14.7 Å². The standard InChI is InChI=1S/C27H36N6O7/c1-26(2,3)40-25(38)30-27(4,5)22(35)31-12-14-32(15-13-31)23(36)28-21-9-11-33(24(37)29-21)19-8-7-18(10-16-34)20(17-19)39-6/h7-9,11,16-17H,10,12-15H2,1-6H3,(H,30,38)(H,28,29,36,37). The Morgan fingerprint density at radius 3 is 2.25 bits per heavy atom. The third-order valence-electron chi connectivity index (χ3n) is 6.09. The smallest absolute Gasteiger partial charge is 0.408 e. The normalized spacial score (nSPS) is 13.8. The largest absolute Gasteiger partial charge is 0.496 e. The summed E-state index contributed by atoms with van der Waals surface area (Å²) in [4.78, 5) is 68.6. The maximum atomic E-state index is 13.0. The van der Waals surface area contributed by atoms with E-state index in [1.807, 2.05) is 0 Å². The number of aromatic nitrogens is 2. The van der Waals surface area contributed by atoms with Crippen molar-refractivity contribution in [2.24, 2.45) is 0 Å². The van der Waals surface area contributed by atoms with Crippen molar-refractivity contribution in [3.63, 3.8) is 0 Å². The number of ether oxygens (including phenoxy) is 2. The first-order valence-electron chi connectivity index (χ1n) is 12.8. The molecule has 1 aliphatic heterocycles. The molecule has 0 radical (unpaired) electrons. The third kappa shape index (κ3) is 7.58. The fraction of sp³-hybridized carbons (Fsp3) is 0.481. The average molecular weight is 557 g/mol. The first-order chi connectivity index (χ1) is 18.7. The van der Waals surface area contributed by atoms with E-state index in [1.165, 1.54) is 28.8 Å². The van der Waals surface area contributed by atoms with Crippen LogP contribution in [-0.4, -0.2) is 88.1 Å². The number of amides is 4. The Labute approximate surface area is 232 Å². The van der Waals surface area contributed by atoms with Gasteiger partial charge in [0.05, 0.1) is 12.8 Å². The molecule has 0 spiro atoms. The lowest BCUT2D eigenvalue weighted by atomic mass is 10.0. The van der Waals surface area contributed by atoms with Gasteiger partial charge >= 0.3 is 17.8 Å². The van der Waals surface area contributed by atoms with Crippen molar-refractivity contribution >= 4 is 30.1 Å². The number of carbonyl (C=O) groups is 4. The Kier molecular flexibility index (Phi) is 9.17. The van der Waals surface area contributed by atoms with Crippen molar-refractivity contribution in [1.82, 2.24) is 24.7 Å². The second kappa shape index (κ2) is 12.2. The molecule has 0 unspecified atom stereocenters. The number of urea groups is 1. The minimum absolute atomic E-state index is 0.0805. The van der Waals surface area contributed by atoms with Crippen LogP contribution in [0.3, 0.4) is 0 Å². The fourth-order valence-corrected chi connectivity index (χ4v) is 4.12. The summed E-state index contributed by atoms with van der Waals surface area (Å²) in [7, 11) is 1.48. The maximum Gasteiger partial charge on any atom is 0.408 e. The quantitative estimate of drug-likeness (QED) is 0.491. The number of piperazine rings is 1. The van der Waals surface area contributed by atoms with Gasteiger partial charge in [0.15, 0.2) is 0 Å². The molecule has 13 nitrogen and oxygen atoms in total. The molecule has 3 rings (SSSR count). The second-order valence-corrected chi connectivity index (χ2v) is 10.8. The van der Waals surface area contributed by atoms with Gasteiger partial charge in [-0.25, -0.2) is 14.4 Å². The minimum Gasteiger partial charge on any atom is -0.496 e. The van der Waals surface area contributed by atoms with Crippen LogP contribution in [0.15, 0.2) is 35.3 Å². The van der Waals surface area contributed by atoms with Gasteiger partial charge in [-0.05, 0) is 46.8 Å². The number of hydrogen-bond acceptors (Lipinski definition) is 8. The average Bonchev–Trinajstić information content (AvgIpc) is 2.87. The van der Waals surface area contributed by atoms with E-state index < -0.39 is 29.0 Å². The predicted octanol–water partition coefficient (Wildman–Crippen LogP) is 1.96. The van der Waals surface area contributed by atoms with Gasteiger partial charge in [-0.2, -0.15) is 4.98 Å². The molecule has 216 valence electrons. The summed E-state index contributed by atoms with van der Waals surface area (Å²) < 4.78 is 11.9. The van der Waals surface area contributed by atoms with Crippen molar-refractivity contribution in [2.45, 2.75) is 52.2 Å². The van der Waals surface area contributed by atoms with E-state index in [0.29, 0.717) is 17.0 Å². The molecule has 0 saturated carbocycles. The molecule has 1 aromatic heterocycles. The SMILES string of the molecule is COc1cc(-n2ccc(NC(=O)N3CCN(C(=O)C(C)(C)NC(=O)OC(C)(C)C)CC3)nc2=O)ccc1CC=O. The van der Waals surface area contributed by atoms with Crippen LogP contribution < -0.4 is 21.1 Å². The van der Waals surface area contributed by atoms with Crippen LogP contribution >= 0.6 is 0 Å². The summed E-state index contributed by atoms with van der Waals surface area (Å²) in [6.45, 7) is 9.45. The molecule has 1 aliphatic rings. The van der Waals surface area contributed by atoms with Crippen LogP contribution in [0.2, 0.25) is 0 Å². The zero-order chi connectivity index (χ0) is 29.7. The zero-order valence-electron chi connectivity index (χ0n) is 23.6. The van der Waals surface area contributed by atoms with Crippen molar-refractivity contribution in [1.29, 1.82) is 0 Å².